The van der Waals surface area contributed by atoms with Crippen LogP contribution in [0.1, 0.15) is 44.1 Å². The first-order valence-corrected chi connectivity index (χ1v) is 12.9. The van der Waals surface area contributed by atoms with E-state index in [1.165, 1.54) is 12.8 Å². The van der Waals surface area contributed by atoms with Gasteiger partial charge >= 0.3 is 0 Å². The lowest BCUT2D eigenvalue weighted by Gasteiger charge is -2.27. The standard InChI is InChI=1S/C29H33N3O5/c1-35-26-15-12-23(18-27(26)37-25-7-2-3-8-25)32(19-21-6-4-16-30-29(21)34)22-10-13-24(14-11-22)36-20-31-17-5-9-28(31)33/h4,6,10-16,18,25H,2-3,5,7-9,17,19-20H2,1H3,(H,30,34). The number of amides is 1. The highest BCUT2D eigenvalue weighted by molar-refractivity contribution is 5.77. The van der Waals surface area contributed by atoms with Gasteiger partial charge in [0.2, 0.25) is 5.91 Å². The van der Waals surface area contributed by atoms with E-state index in [4.69, 9.17) is 14.2 Å². The van der Waals surface area contributed by atoms with Crippen LogP contribution in [-0.2, 0) is 11.3 Å². The summed E-state index contributed by atoms with van der Waals surface area (Å²) < 4.78 is 17.8. The molecule has 1 N–H and O–H groups in total. The number of ether oxygens (including phenoxy) is 3. The first-order chi connectivity index (χ1) is 18.1. The summed E-state index contributed by atoms with van der Waals surface area (Å²) in [6.45, 7) is 1.36. The van der Waals surface area contributed by atoms with Gasteiger partial charge in [0.15, 0.2) is 18.2 Å². The zero-order valence-corrected chi connectivity index (χ0v) is 21.2. The fourth-order valence-electron chi connectivity index (χ4n) is 4.91. The molecule has 2 aromatic carbocycles. The van der Waals surface area contributed by atoms with Gasteiger partial charge in [0.05, 0.1) is 19.8 Å². The maximum Gasteiger partial charge on any atom is 0.252 e. The summed E-state index contributed by atoms with van der Waals surface area (Å²) in [5.41, 5.74) is 2.29. The van der Waals surface area contributed by atoms with Crippen LogP contribution in [0, 0.1) is 0 Å². The maximum atomic E-state index is 12.5. The van der Waals surface area contributed by atoms with Crippen molar-refractivity contribution in [2.75, 3.05) is 25.3 Å². The third kappa shape index (κ3) is 5.90. The zero-order chi connectivity index (χ0) is 25.6. The van der Waals surface area contributed by atoms with Crippen molar-refractivity contribution in [1.82, 2.24) is 9.88 Å². The number of anilines is 2. The van der Waals surface area contributed by atoms with Gasteiger partial charge in [0, 0.05) is 42.2 Å². The minimum Gasteiger partial charge on any atom is -0.493 e. The molecular weight excluding hydrogens is 470 g/mol. The van der Waals surface area contributed by atoms with Crippen LogP contribution >= 0.6 is 0 Å². The van der Waals surface area contributed by atoms with Crippen molar-refractivity contribution in [2.24, 2.45) is 0 Å². The van der Waals surface area contributed by atoms with Crippen LogP contribution in [0.5, 0.6) is 17.2 Å². The monoisotopic (exact) mass is 503 g/mol. The molecule has 8 heteroatoms. The number of aromatic amines is 1. The molecular formula is C29H33N3O5. The second-order valence-electron chi connectivity index (χ2n) is 9.50. The second-order valence-corrected chi connectivity index (χ2v) is 9.50. The lowest BCUT2D eigenvalue weighted by molar-refractivity contribution is -0.130. The molecule has 1 aliphatic heterocycles. The Morgan fingerprint density at radius 3 is 2.46 bits per heavy atom. The van der Waals surface area contributed by atoms with Crippen LogP contribution in [0.25, 0.3) is 0 Å². The number of pyridine rings is 1. The molecule has 1 saturated heterocycles. The summed E-state index contributed by atoms with van der Waals surface area (Å²) in [5.74, 6) is 2.20. The van der Waals surface area contributed by atoms with Crippen molar-refractivity contribution in [2.45, 2.75) is 51.2 Å². The summed E-state index contributed by atoms with van der Waals surface area (Å²) in [5, 5.41) is 0. The molecule has 37 heavy (non-hydrogen) atoms. The summed E-state index contributed by atoms with van der Waals surface area (Å²) in [6, 6.07) is 17.2. The first kappa shape index (κ1) is 24.7. The Hall–Kier alpha value is -3.94. The number of carbonyl (C=O) groups is 1. The number of nitrogens with one attached hydrogen (secondary N) is 1. The lowest BCUT2D eigenvalue weighted by Crippen LogP contribution is -2.28. The number of aromatic nitrogens is 1. The number of rotatable bonds is 10. The van der Waals surface area contributed by atoms with E-state index in [2.05, 4.69) is 9.88 Å². The van der Waals surface area contributed by atoms with Crippen molar-refractivity contribution in [3.8, 4) is 17.2 Å². The number of methoxy groups -OCH3 is 1. The van der Waals surface area contributed by atoms with E-state index in [1.807, 2.05) is 54.6 Å². The highest BCUT2D eigenvalue weighted by atomic mass is 16.5. The Kier molecular flexibility index (Phi) is 7.63. The molecule has 0 atom stereocenters. The Balaban J connectivity index is 1.42. The largest absolute Gasteiger partial charge is 0.493 e. The van der Waals surface area contributed by atoms with Gasteiger partial charge in [-0.25, -0.2) is 0 Å². The van der Waals surface area contributed by atoms with Crippen molar-refractivity contribution in [3.05, 3.63) is 76.7 Å². The van der Waals surface area contributed by atoms with Gasteiger partial charge in [-0.2, -0.15) is 0 Å². The van der Waals surface area contributed by atoms with Crippen LogP contribution in [0.15, 0.2) is 65.6 Å². The fourth-order valence-corrected chi connectivity index (χ4v) is 4.91. The van der Waals surface area contributed by atoms with E-state index in [9.17, 15) is 9.59 Å². The topological polar surface area (TPSA) is 84.1 Å². The van der Waals surface area contributed by atoms with Crippen molar-refractivity contribution >= 4 is 17.3 Å². The molecule has 1 aliphatic carbocycles. The average Bonchev–Trinajstić information content (AvgIpc) is 3.59. The molecule has 1 saturated carbocycles. The third-order valence-corrected chi connectivity index (χ3v) is 6.99. The van der Waals surface area contributed by atoms with Gasteiger partial charge in [-0.15, -0.1) is 0 Å². The molecule has 194 valence electrons. The van der Waals surface area contributed by atoms with E-state index in [-0.39, 0.29) is 24.3 Å². The van der Waals surface area contributed by atoms with Crippen molar-refractivity contribution in [3.63, 3.8) is 0 Å². The average molecular weight is 504 g/mol. The molecule has 1 aromatic heterocycles. The van der Waals surface area contributed by atoms with Crippen molar-refractivity contribution in [1.29, 1.82) is 0 Å². The maximum absolute atomic E-state index is 12.5. The van der Waals surface area contributed by atoms with Crippen LogP contribution in [0.3, 0.4) is 0 Å². The Labute approximate surface area is 216 Å². The van der Waals surface area contributed by atoms with E-state index < -0.39 is 0 Å². The molecule has 2 aliphatic rings. The van der Waals surface area contributed by atoms with Crippen LogP contribution in [0.2, 0.25) is 0 Å². The van der Waals surface area contributed by atoms with Gasteiger partial charge in [0.1, 0.15) is 5.75 Å². The summed E-state index contributed by atoms with van der Waals surface area (Å²) >= 11 is 0. The molecule has 0 bridgehead atoms. The predicted molar refractivity (Wildman–Crippen MR) is 142 cm³/mol. The normalized spacial score (nSPS) is 15.7. The summed E-state index contributed by atoms with van der Waals surface area (Å²) in [7, 11) is 1.65. The van der Waals surface area contributed by atoms with E-state index in [1.54, 1.807) is 18.2 Å². The van der Waals surface area contributed by atoms with Crippen LogP contribution in [0.4, 0.5) is 11.4 Å². The number of benzene rings is 2. The lowest BCUT2D eigenvalue weighted by atomic mass is 10.1. The molecule has 2 heterocycles. The van der Waals surface area contributed by atoms with E-state index in [0.717, 1.165) is 37.2 Å². The number of hydrogen-bond donors (Lipinski definition) is 1. The first-order valence-electron chi connectivity index (χ1n) is 12.9. The van der Waals surface area contributed by atoms with Gasteiger partial charge in [-0.1, -0.05) is 6.07 Å². The minimum absolute atomic E-state index is 0.126. The number of carbonyl (C=O) groups excluding carboxylic acids is 1. The van der Waals surface area contributed by atoms with Gasteiger partial charge in [-0.05, 0) is 74.6 Å². The zero-order valence-electron chi connectivity index (χ0n) is 21.2. The highest BCUT2D eigenvalue weighted by Crippen LogP contribution is 2.38. The smallest absolute Gasteiger partial charge is 0.252 e. The number of nitrogens with zero attached hydrogens (tertiary/aromatic N) is 2. The molecule has 0 radical (unpaired) electrons. The predicted octanol–water partition coefficient (Wildman–Crippen LogP) is 5.00. The Morgan fingerprint density at radius 2 is 1.76 bits per heavy atom. The number of H-pyrrole nitrogens is 1. The molecule has 1 amide bonds. The molecule has 8 nitrogen and oxygen atoms in total. The highest BCUT2D eigenvalue weighted by Gasteiger charge is 2.22. The van der Waals surface area contributed by atoms with Crippen molar-refractivity contribution < 1.29 is 19.0 Å². The Bertz CT molecular complexity index is 1270. The SMILES string of the molecule is COc1ccc(N(Cc2ccc[nH]c2=O)c2ccc(OCN3CCCC3=O)cc2)cc1OC1CCCC1. The summed E-state index contributed by atoms with van der Waals surface area (Å²) in [6.07, 6.45) is 7.73. The minimum atomic E-state index is -0.126. The number of likely N-dealkylation sites (tertiary alicyclic amines) is 1. The van der Waals surface area contributed by atoms with Crippen LogP contribution in [-0.4, -0.2) is 42.3 Å². The third-order valence-electron chi connectivity index (χ3n) is 6.99. The molecule has 0 unspecified atom stereocenters. The van der Waals surface area contributed by atoms with E-state index >= 15 is 0 Å². The quantitative estimate of drug-likeness (QED) is 0.419. The molecule has 5 rings (SSSR count). The van der Waals surface area contributed by atoms with E-state index in [0.29, 0.717) is 35.8 Å². The summed E-state index contributed by atoms with van der Waals surface area (Å²) in [4.78, 5) is 31.0. The molecule has 0 spiro atoms. The number of hydrogen-bond acceptors (Lipinski definition) is 6. The fraction of sp³-hybridized carbons (Fsp3) is 0.379. The second kappa shape index (κ2) is 11.4. The molecule has 2 fully saturated rings. The van der Waals surface area contributed by atoms with Gasteiger partial charge in [-0.3, -0.25) is 9.59 Å². The van der Waals surface area contributed by atoms with Gasteiger partial charge in [0.25, 0.3) is 5.56 Å². The van der Waals surface area contributed by atoms with Gasteiger partial charge < -0.3 is 29.0 Å². The van der Waals surface area contributed by atoms with Crippen LogP contribution < -0.4 is 24.7 Å². The molecule has 3 aromatic rings. The Morgan fingerprint density at radius 1 is 0.973 bits per heavy atom.